The highest BCUT2D eigenvalue weighted by Gasteiger charge is 2.33. The zero-order valence-corrected chi connectivity index (χ0v) is 13.5. The number of hydrazine groups is 1. The third-order valence-electron chi connectivity index (χ3n) is 3.89. The van der Waals surface area contributed by atoms with Crippen LogP contribution in [-0.4, -0.2) is 18.7 Å². The third-order valence-corrected chi connectivity index (χ3v) is 4.61. The summed E-state index contributed by atoms with van der Waals surface area (Å²) in [7, 11) is 0. The standard InChI is InChI=1S/C17H18FN3OS/c1-23-14-4-2-3-13(9-14)20-17(22)15-10-19-21-16(15)11-5-7-12(18)8-6-11/h2-9,15-16,19,21H,10H2,1H3,(H,20,22). The van der Waals surface area contributed by atoms with Gasteiger partial charge in [0.1, 0.15) is 5.82 Å². The second-order valence-electron chi connectivity index (χ2n) is 5.38. The number of rotatable bonds is 4. The largest absolute Gasteiger partial charge is 0.326 e. The van der Waals surface area contributed by atoms with Crippen LogP contribution in [0.5, 0.6) is 0 Å². The first-order valence-corrected chi connectivity index (χ1v) is 8.58. The van der Waals surface area contributed by atoms with E-state index < -0.39 is 0 Å². The summed E-state index contributed by atoms with van der Waals surface area (Å²) >= 11 is 1.63. The number of carbonyl (C=O) groups is 1. The predicted molar refractivity (Wildman–Crippen MR) is 90.6 cm³/mol. The quantitative estimate of drug-likeness (QED) is 0.754. The van der Waals surface area contributed by atoms with Crippen molar-refractivity contribution in [1.29, 1.82) is 0 Å². The van der Waals surface area contributed by atoms with Crippen molar-refractivity contribution in [3.05, 3.63) is 59.9 Å². The summed E-state index contributed by atoms with van der Waals surface area (Å²) in [5.74, 6) is -0.608. The minimum Gasteiger partial charge on any atom is -0.326 e. The number of carbonyl (C=O) groups excluding carboxylic acids is 1. The van der Waals surface area contributed by atoms with Crippen LogP contribution in [-0.2, 0) is 4.79 Å². The topological polar surface area (TPSA) is 53.2 Å². The van der Waals surface area contributed by atoms with Crippen molar-refractivity contribution < 1.29 is 9.18 Å². The molecule has 0 bridgehead atoms. The zero-order valence-electron chi connectivity index (χ0n) is 12.7. The molecule has 2 unspecified atom stereocenters. The van der Waals surface area contributed by atoms with Crippen LogP contribution in [0.2, 0.25) is 0 Å². The summed E-state index contributed by atoms with van der Waals surface area (Å²) in [5, 5.41) is 2.96. The van der Waals surface area contributed by atoms with E-state index in [4.69, 9.17) is 0 Å². The maximum Gasteiger partial charge on any atom is 0.230 e. The highest BCUT2D eigenvalue weighted by molar-refractivity contribution is 7.98. The van der Waals surface area contributed by atoms with Crippen molar-refractivity contribution in [2.45, 2.75) is 10.9 Å². The fourth-order valence-electron chi connectivity index (χ4n) is 2.66. The molecule has 0 saturated carbocycles. The van der Waals surface area contributed by atoms with E-state index in [1.54, 1.807) is 23.9 Å². The number of hydrogen-bond acceptors (Lipinski definition) is 4. The predicted octanol–water partition coefficient (Wildman–Crippen LogP) is 2.95. The number of benzene rings is 2. The maximum absolute atomic E-state index is 13.1. The van der Waals surface area contributed by atoms with Crippen molar-refractivity contribution in [2.24, 2.45) is 5.92 Å². The van der Waals surface area contributed by atoms with Gasteiger partial charge in [0, 0.05) is 17.1 Å². The molecule has 23 heavy (non-hydrogen) atoms. The SMILES string of the molecule is CSc1cccc(NC(=O)C2CNNC2c2ccc(F)cc2)c1. The van der Waals surface area contributed by atoms with Gasteiger partial charge < -0.3 is 5.32 Å². The van der Waals surface area contributed by atoms with Gasteiger partial charge in [0.25, 0.3) is 0 Å². The molecule has 0 spiro atoms. The van der Waals surface area contributed by atoms with Crippen LogP contribution < -0.4 is 16.2 Å². The lowest BCUT2D eigenvalue weighted by molar-refractivity contribution is -0.119. The van der Waals surface area contributed by atoms with Crippen molar-refractivity contribution in [1.82, 2.24) is 10.9 Å². The van der Waals surface area contributed by atoms with E-state index >= 15 is 0 Å². The van der Waals surface area contributed by atoms with E-state index in [0.29, 0.717) is 6.54 Å². The summed E-state index contributed by atoms with van der Waals surface area (Å²) in [6.45, 7) is 0.524. The molecule has 1 aliphatic heterocycles. The first kappa shape index (κ1) is 16.0. The molecule has 6 heteroatoms. The second kappa shape index (κ2) is 7.12. The van der Waals surface area contributed by atoms with Gasteiger partial charge in [0.15, 0.2) is 0 Å². The minimum absolute atomic E-state index is 0.0601. The molecular weight excluding hydrogens is 313 g/mol. The lowest BCUT2D eigenvalue weighted by atomic mass is 9.94. The van der Waals surface area contributed by atoms with Crippen LogP contribution in [0, 0.1) is 11.7 Å². The summed E-state index contributed by atoms with van der Waals surface area (Å²) < 4.78 is 13.1. The van der Waals surface area contributed by atoms with Gasteiger partial charge in [-0.25, -0.2) is 9.82 Å². The monoisotopic (exact) mass is 331 g/mol. The maximum atomic E-state index is 13.1. The molecule has 1 amide bonds. The van der Waals surface area contributed by atoms with E-state index in [0.717, 1.165) is 16.1 Å². The van der Waals surface area contributed by atoms with E-state index in [2.05, 4.69) is 16.2 Å². The first-order chi connectivity index (χ1) is 11.2. The highest BCUT2D eigenvalue weighted by atomic mass is 32.2. The number of thioether (sulfide) groups is 1. The Morgan fingerprint density at radius 3 is 2.78 bits per heavy atom. The summed E-state index contributed by atoms with van der Waals surface area (Å²) in [6, 6.07) is 13.8. The zero-order chi connectivity index (χ0) is 16.2. The van der Waals surface area contributed by atoms with E-state index in [1.165, 1.54) is 12.1 Å². The fraction of sp³-hybridized carbons (Fsp3) is 0.235. The van der Waals surface area contributed by atoms with Gasteiger partial charge >= 0.3 is 0 Å². The lowest BCUT2D eigenvalue weighted by Gasteiger charge is -2.18. The molecule has 4 nitrogen and oxygen atoms in total. The fourth-order valence-corrected chi connectivity index (χ4v) is 3.12. The Bertz CT molecular complexity index is 692. The Hall–Kier alpha value is -1.89. The number of nitrogens with one attached hydrogen (secondary N) is 3. The molecule has 0 aliphatic carbocycles. The Morgan fingerprint density at radius 1 is 1.26 bits per heavy atom. The molecule has 1 aliphatic rings. The molecule has 2 aromatic rings. The molecule has 0 aromatic heterocycles. The Labute approximate surface area is 138 Å². The van der Waals surface area contributed by atoms with Gasteiger partial charge in [-0.05, 0) is 42.2 Å². The van der Waals surface area contributed by atoms with Gasteiger partial charge in [-0.1, -0.05) is 18.2 Å². The number of amides is 1. The number of hydrogen-bond donors (Lipinski definition) is 3. The van der Waals surface area contributed by atoms with Crippen LogP contribution in [0.1, 0.15) is 11.6 Å². The lowest BCUT2D eigenvalue weighted by Crippen LogP contribution is -2.29. The smallest absolute Gasteiger partial charge is 0.230 e. The molecule has 120 valence electrons. The van der Waals surface area contributed by atoms with Gasteiger partial charge in [0.05, 0.1) is 12.0 Å². The highest BCUT2D eigenvalue weighted by Crippen LogP contribution is 2.27. The van der Waals surface area contributed by atoms with Gasteiger partial charge in [-0.2, -0.15) is 0 Å². The average Bonchev–Trinajstić information content (AvgIpc) is 3.05. The molecule has 1 fully saturated rings. The molecule has 1 heterocycles. The second-order valence-corrected chi connectivity index (χ2v) is 6.26. The van der Waals surface area contributed by atoms with E-state index in [-0.39, 0.29) is 23.7 Å². The van der Waals surface area contributed by atoms with Crippen molar-refractivity contribution in [2.75, 3.05) is 18.1 Å². The van der Waals surface area contributed by atoms with Gasteiger partial charge in [0.2, 0.25) is 5.91 Å². The number of anilines is 1. The van der Waals surface area contributed by atoms with Crippen LogP contribution >= 0.6 is 11.8 Å². The molecule has 3 rings (SSSR count). The number of halogens is 1. The molecule has 0 radical (unpaired) electrons. The van der Waals surface area contributed by atoms with Crippen molar-refractivity contribution >= 4 is 23.4 Å². The van der Waals surface area contributed by atoms with Crippen LogP contribution in [0.25, 0.3) is 0 Å². The van der Waals surface area contributed by atoms with E-state index in [9.17, 15) is 9.18 Å². The Balaban J connectivity index is 1.74. The summed E-state index contributed by atoms with van der Waals surface area (Å²) in [4.78, 5) is 13.7. The molecular formula is C17H18FN3OS. The average molecular weight is 331 g/mol. The van der Waals surface area contributed by atoms with E-state index in [1.807, 2.05) is 30.5 Å². The molecule has 3 N–H and O–H groups in total. The Kier molecular flexibility index (Phi) is 4.95. The summed E-state index contributed by atoms with van der Waals surface area (Å²) in [5.41, 5.74) is 7.78. The minimum atomic E-state index is -0.283. The first-order valence-electron chi connectivity index (χ1n) is 7.36. The van der Waals surface area contributed by atoms with Crippen LogP contribution in [0.4, 0.5) is 10.1 Å². The molecule has 2 aromatic carbocycles. The van der Waals surface area contributed by atoms with Gasteiger partial charge in [-0.3, -0.25) is 10.2 Å². The summed E-state index contributed by atoms with van der Waals surface area (Å²) in [6.07, 6.45) is 2.00. The van der Waals surface area contributed by atoms with Gasteiger partial charge in [-0.15, -0.1) is 11.8 Å². The normalized spacial score (nSPS) is 20.4. The van der Waals surface area contributed by atoms with Crippen LogP contribution in [0.3, 0.4) is 0 Å². The van der Waals surface area contributed by atoms with Crippen molar-refractivity contribution in [3.8, 4) is 0 Å². The molecule has 2 atom stereocenters. The van der Waals surface area contributed by atoms with Crippen LogP contribution in [0.15, 0.2) is 53.4 Å². The third kappa shape index (κ3) is 3.72. The Morgan fingerprint density at radius 2 is 2.04 bits per heavy atom. The molecule has 1 saturated heterocycles. The van der Waals surface area contributed by atoms with Crippen molar-refractivity contribution in [3.63, 3.8) is 0 Å².